The van der Waals surface area contributed by atoms with Crippen molar-refractivity contribution in [3.63, 3.8) is 0 Å². The number of aromatic nitrogens is 2. The normalized spacial score (nSPS) is 17.7. The van der Waals surface area contributed by atoms with Gasteiger partial charge in [0.1, 0.15) is 11.7 Å². The number of benzene rings is 1. The van der Waals surface area contributed by atoms with Gasteiger partial charge in [-0.15, -0.1) is 0 Å². The van der Waals surface area contributed by atoms with E-state index in [0.29, 0.717) is 6.42 Å². The molecule has 3 rings (SSSR count). The van der Waals surface area contributed by atoms with Crippen molar-refractivity contribution in [2.75, 3.05) is 0 Å². The minimum atomic E-state index is -2.12. The molecule has 2 aromatic rings. The molecule has 1 aromatic heterocycles. The van der Waals surface area contributed by atoms with Crippen molar-refractivity contribution in [1.29, 1.82) is 0 Å². The maximum atomic E-state index is 13.4. The summed E-state index contributed by atoms with van der Waals surface area (Å²) in [4.78, 5) is 57.1. The molecule has 0 aliphatic carbocycles. The molecule has 190 valence electrons. The van der Waals surface area contributed by atoms with E-state index < -0.39 is 55.1 Å². The highest BCUT2D eigenvalue weighted by Crippen LogP contribution is 2.20. The molecule has 1 aliphatic rings. The monoisotopic (exact) mass is 498 g/mol. The van der Waals surface area contributed by atoms with Gasteiger partial charge in [0, 0.05) is 18.8 Å². The van der Waals surface area contributed by atoms with E-state index in [9.17, 15) is 24.3 Å². The van der Waals surface area contributed by atoms with Crippen LogP contribution in [0.25, 0.3) is 0 Å². The van der Waals surface area contributed by atoms with Gasteiger partial charge in [-0.05, 0) is 17.9 Å². The second kappa shape index (κ2) is 12.2. The number of nitrogens with one attached hydrogen (secondary N) is 2. The topological polar surface area (TPSA) is 177 Å². The Hall–Kier alpha value is -3.84. The van der Waals surface area contributed by atoms with Gasteiger partial charge in [-0.1, -0.05) is 44.2 Å². The molecule has 2 heterocycles. The minimum absolute atomic E-state index is 0.0165. The molecule has 13 heteroatoms. The summed E-state index contributed by atoms with van der Waals surface area (Å²) in [5.41, 5.74) is 0.811. The van der Waals surface area contributed by atoms with Gasteiger partial charge in [0.25, 0.3) is 5.91 Å². The van der Waals surface area contributed by atoms with Crippen LogP contribution in [0.4, 0.5) is 0 Å². The summed E-state index contributed by atoms with van der Waals surface area (Å²) in [5.74, 6) is -4.73. The van der Waals surface area contributed by atoms with Crippen LogP contribution in [-0.2, 0) is 30.1 Å². The van der Waals surface area contributed by atoms with E-state index in [1.807, 2.05) is 19.9 Å². The number of nitrogens with zero attached hydrogens (tertiary/aromatic N) is 2. The van der Waals surface area contributed by atoms with Gasteiger partial charge in [0.05, 0.1) is 12.1 Å². The summed E-state index contributed by atoms with van der Waals surface area (Å²) < 4.78 is 10.5. The number of aliphatic carboxylic acids is 1. The van der Waals surface area contributed by atoms with Gasteiger partial charge < -0.3 is 30.2 Å². The minimum Gasteiger partial charge on any atom is -0.506 e. The van der Waals surface area contributed by atoms with Crippen LogP contribution in [0.3, 0.4) is 0 Å². The Balaban J connectivity index is 1.79. The Morgan fingerprint density at radius 3 is 2.47 bits per heavy atom. The molecule has 4 atom stereocenters. The Morgan fingerprint density at radius 1 is 1.14 bits per heavy atom. The number of hydrogen-bond acceptors (Lipinski definition) is 9. The van der Waals surface area contributed by atoms with Crippen LogP contribution in [0.2, 0.25) is 0 Å². The SMILES string of the molecule is CC(C)C[C@H](NC(=O)[C@H](Cc1ccccc1)NC(=O)c1cnccn1)B1OC(=O)[C@H]([C@H](O)C(=O)O)O1. The molecule has 0 unspecified atom stereocenters. The van der Waals surface area contributed by atoms with E-state index >= 15 is 0 Å². The van der Waals surface area contributed by atoms with Gasteiger partial charge >= 0.3 is 19.1 Å². The van der Waals surface area contributed by atoms with Crippen molar-refractivity contribution in [2.24, 2.45) is 5.92 Å². The van der Waals surface area contributed by atoms with Crippen molar-refractivity contribution >= 4 is 30.9 Å². The molecule has 36 heavy (non-hydrogen) atoms. The molecule has 12 nitrogen and oxygen atoms in total. The number of amides is 2. The number of rotatable bonds is 11. The zero-order valence-corrected chi connectivity index (χ0v) is 19.7. The Bertz CT molecular complexity index is 1070. The molecule has 1 aliphatic heterocycles. The molecular formula is C23H27BN4O8. The number of carbonyl (C=O) groups is 4. The summed E-state index contributed by atoms with van der Waals surface area (Å²) in [6.07, 6.45) is 0.653. The van der Waals surface area contributed by atoms with Gasteiger partial charge in [0.15, 0.2) is 12.2 Å². The molecule has 0 bridgehead atoms. The zero-order valence-electron chi connectivity index (χ0n) is 19.7. The number of aliphatic hydroxyl groups excluding tert-OH is 1. The number of hydrogen-bond donors (Lipinski definition) is 4. The molecule has 4 N–H and O–H groups in total. The van der Waals surface area contributed by atoms with Crippen molar-refractivity contribution in [2.45, 2.75) is 50.9 Å². The quantitative estimate of drug-likeness (QED) is 0.303. The predicted molar refractivity (Wildman–Crippen MR) is 125 cm³/mol. The van der Waals surface area contributed by atoms with Crippen LogP contribution in [0.15, 0.2) is 48.9 Å². The second-order valence-electron chi connectivity index (χ2n) is 8.70. The summed E-state index contributed by atoms with van der Waals surface area (Å²) in [7, 11) is -1.32. The lowest BCUT2D eigenvalue weighted by atomic mass is 9.74. The van der Waals surface area contributed by atoms with E-state index in [2.05, 4.69) is 20.6 Å². The first kappa shape index (κ1) is 26.8. The molecule has 1 fully saturated rings. The average Bonchev–Trinajstić information content (AvgIpc) is 3.24. The number of aliphatic hydroxyl groups is 1. The van der Waals surface area contributed by atoms with Crippen LogP contribution in [0.1, 0.15) is 36.3 Å². The molecule has 0 radical (unpaired) electrons. The Labute approximate surface area is 207 Å². The highest BCUT2D eigenvalue weighted by atomic mass is 16.7. The summed E-state index contributed by atoms with van der Waals surface area (Å²) in [6, 6.07) is 8.00. The number of carbonyl (C=O) groups excluding carboxylic acids is 3. The first-order valence-electron chi connectivity index (χ1n) is 11.3. The van der Waals surface area contributed by atoms with Crippen LogP contribution in [0, 0.1) is 5.92 Å². The zero-order chi connectivity index (χ0) is 26.2. The Kier molecular flexibility index (Phi) is 9.09. The van der Waals surface area contributed by atoms with Crippen molar-refractivity contribution < 1.29 is 38.7 Å². The first-order chi connectivity index (χ1) is 17.2. The fourth-order valence-electron chi connectivity index (χ4n) is 3.66. The lowest BCUT2D eigenvalue weighted by Crippen LogP contribution is -2.55. The largest absolute Gasteiger partial charge is 0.552 e. The van der Waals surface area contributed by atoms with Crippen molar-refractivity contribution in [3.8, 4) is 0 Å². The average molecular weight is 498 g/mol. The lowest BCUT2D eigenvalue weighted by molar-refractivity contribution is -0.157. The fraction of sp³-hybridized carbons (Fsp3) is 0.391. The van der Waals surface area contributed by atoms with Crippen LogP contribution >= 0.6 is 0 Å². The fourth-order valence-corrected chi connectivity index (χ4v) is 3.66. The molecule has 0 saturated carbocycles. The lowest BCUT2D eigenvalue weighted by Gasteiger charge is -2.25. The number of carboxylic acid groups (broad SMARTS) is 1. The predicted octanol–water partition coefficient (Wildman–Crippen LogP) is -0.236. The molecule has 2 amide bonds. The first-order valence-corrected chi connectivity index (χ1v) is 11.3. The van der Waals surface area contributed by atoms with Gasteiger partial charge in [-0.25, -0.2) is 9.78 Å². The molecule has 1 aromatic carbocycles. The second-order valence-corrected chi connectivity index (χ2v) is 8.70. The van der Waals surface area contributed by atoms with Crippen LogP contribution in [-0.4, -0.2) is 75.2 Å². The van der Waals surface area contributed by atoms with Gasteiger partial charge in [0.2, 0.25) is 5.91 Å². The smallest absolute Gasteiger partial charge is 0.506 e. The van der Waals surface area contributed by atoms with Crippen LogP contribution in [0.5, 0.6) is 0 Å². The van der Waals surface area contributed by atoms with E-state index in [4.69, 9.17) is 14.4 Å². The van der Waals surface area contributed by atoms with Gasteiger partial charge in [-0.2, -0.15) is 0 Å². The molecule has 0 spiro atoms. The molecule has 1 saturated heterocycles. The summed E-state index contributed by atoms with van der Waals surface area (Å²) >= 11 is 0. The number of carboxylic acids is 1. The third-order valence-electron chi connectivity index (χ3n) is 5.37. The highest BCUT2D eigenvalue weighted by Gasteiger charge is 2.50. The summed E-state index contributed by atoms with van der Waals surface area (Å²) in [5, 5.41) is 24.2. The van der Waals surface area contributed by atoms with Crippen molar-refractivity contribution in [3.05, 3.63) is 60.2 Å². The highest BCUT2D eigenvalue weighted by molar-refractivity contribution is 6.51. The van der Waals surface area contributed by atoms with E-state index in [-0.39, 0.29) is 18.0 Å². The maximum absolute atomic E-state index is 13.4. The molecular weight excluding hydrogens is 471 g/mol. The third-order valence-corrected chi connectivity index (χ3v) is 5.37. The van der Waals surface area contributed by atoms with E-state index in [1.165, 1.54) is 18.6 Å². The van der Waals surface area contributed by atoms with E-state index in [1.54, 1.807) is 24.3 Å². The van der Waals surface area contributed by atoms with Gasteiger partial charge in [-0.3, -0.25) is 19.4 Å². The Morgan fingerprint density at radius 2 is 1.86 bits per heavy atom. The van der Waals surface area contributed by atoms with Crippen molar-refractivity contribution in [1.82, 2.24) is 20.6 Å². The standard InChI is InChI=1S/C23H27BN4O8/c1-13(2)10-17(24-35-19(23(34)36-24)18(29)22(32)33)28-20(30)15(11-14-6-4-3-5-7-14)27-21(31)16-12-25-8-9-26-16/h3-9,12-13,15,17-19,29H,10-11H2,1-2H3,(H,27,31)(H,28,30)(H,32,33)/t15-,17-,18-,19-/m0/s1. The maximum Gasteiger partial charge on any atom is 0.552 e. The third kappa shape index (κ3) is 7.09. The summed E-state index contributed by atoms with van der Waals surface area (Å²) in [6.45, 7) is 3.74. The van der Waals surface area contributed by atoms with Crippen LogP contribution < -0.4 is 10.6 Å². The van der Waals surface area contributed by atoms with E-state index in [0.717, 1.165) is 5.56 Å².